The molecule has 9 nitrogen and oxygen atoms in total. The monoisotopic (exact) mass is 473 g/mol. The van der Waals surface area contributed by atoms with Gasteiger partial charge in [-0.1, -0.05) is 0 Å². The Balaban J connectivity index is 1.47. The number of anilines is 2. The van der Waals surface area contributed by atoms with Gasteiger partial charge in [-0.3, -0.25) is 9.78 Å². The molecule has 0 fully saturated rings. The molecule has 0 aliphatic rings. The highest BCUT2D eigenvalue weighted by atomic mass is 16.5. The van der Waals surface area contributed by atoms with Gasteiger partial charge in [0.15, 0.2) is 5.65 Å². The fourth-order valence-electron chi connectivity index (χ4n) is 3.71. The Kier molecular flexibility index (Phi) is 7.89. The SMILES string of the molecule is CCOc1ccncc1NC(=O)c1ccnc2[nH]c(-c3ccc(NCCCCN(C)C)cc3)nc12. The fourth-order valence-corrected chi connectivity index (χ4v) is 3.71. The Morgan fingerprint density at radius 2 is 1.91 bits per heavy atom. The van der Waals surface area contributed by atoms with Crippen LogP contribution in [0.1, 0.15) is 30.1 Å². The number of benzene rings is 1. The summed E-state index contributed by atoms with van der Waals surface area (Å²) >= 11 is 0. The standard InChI is InChI=1S/C26H31N7O2/c1-4-35-22-12-14-27-17-21(22)30-26(34)20-11-15-29-25-23(20)31-24(32-25)18-7-9-19(10-8-18)28-13-5-6-16-33(2)3/h7-12,14-15,17,28H,4-6,13,16H2,1-3H3,(H,30,34)(H,29,31,32). The molecule has 4 rings (SSSR count). The number of carbonyl (C=O) groups is 1. The molecule has 3 aromatic heterocycles. The number of H-pyrrole nitrogens is 1. The number of carbonyl (C=O) groups excluding carboxylic acids is 1. The number of aromatic nitrogens is 4. The Labute approximate surface area is 205 Å². The van der Waals surface area contributed by atoms with Crippen LogP contribution in [-0.4, -0.2) is 64.5 Å². The molecular weight excluding hydrogens is 442 g/mol. The van der Waals surface area contributed by atoms with Gasteiger partial charge in [0.1, 0.15) is 22.8 Å². The number of fused-ring (bicyclic) bond motifs is 1. The predicted molar refractivity (Wildman–Crippen MR) is 139 cm³/mol. The topological polar surface area (TPSA) is 108 Å². The van der Waals surface area contributed by atoms with Crippen LogP contribution in [0.3, 0.4) is 0 Å². The summed E-state index contributed by atoms with van der Waals surface area (Å²) in [4.78, 5) is 31.6. The highest BCUT2D eigenvalue weighted by Crippen LogP contribution is 2.26. The minimum atomic E-state index is -0.307. The smallest absolute Gasteiger partial charge is 0.258 e. The molecule has 0 radical (unpaired) electrons. The molecule has 3 heterocycles. The van der Waals surface area contributed by atoms with Crippen LogP contribution in [0.4, 0.5) is 11.4 Å². The van der Waals surface area contributed by atoms with Crippen LogP contribution < -0.4 is 15.4 Å². The molecule has 0 saturated carbocycles. The zero-order valence-corrected chi connectivity index (χ0v) is 20.3. The zero-order chi connectivity index (χ0) is 24.6. The normalized spacial score (nSPS) is 11.1. The number of imidazole rings is 1. The van der Waals surface area contributed by atoms with E-state index >= 15 is 0 Å². The minimum absolute atomic E-state index is 0.307. The molecule has 0 unspecified atom stereocenters. The van der Waals surface area contributed by atoms with Crippen molar-refractivity contribution in [1.82, 2.24) is 24.8 Å². The Bertz CT molecular complexity index is 1270. The maximum atomic E-state index is 13.1. The van der Waals surface area contributed by atoms with Crippen molar-refractivity contribution in [2.45, 2.75) is 19.8 Å². The predicted octanol–water partition coefficient (Wildman–Crippen LogP) is 4.42. The number of ether oxygens (including phenoxy) is 1. The van der Waals surface area contributed by atoms with Crippen molar-refractivity contribution in [3.63, 3.8) is 0 Å². The molecular formula is C26H31N7O2. The third kappa shape index (κ3) is 6.13. The summed E-state index contributed by atoms with van der Waals surface area (Å²) in [7, 11) is 4.18. The second kappa shape index (κ2) is 11.4. The van der Waals surface area contributed by atoms with Crippen molar-refractivity contribution in [1.29, 1.82) is 0 Å². The molecule has 0 aliphatic heterocycles. The first kappa shape index (κ1) is 24.2. The highest BCUT2D eigenvalue weighted by molar-refractivity contribution is 6.11. The van der Waals surface area contributed by atoms with Gasteiger partial charge in [-0.25, -0.2) is 9.97 Å². The number of aromatic amines is 1. The van der Waals surface area contributed by atoms with Crippen molar-refractivity contribution in [3.8, 4) is 17.1 Å². The zero-order valence-electron chi connectivity index (χ0n) is 20.3. The number of hydrogen-bond acceptors (Lipinski definition) is 7. The second-order valence-electron chi connectivity index (χ2n) is 8.41. The fraction of sp³-hybridized carbons (Fsp3) is 0.308. The van der Waals surface area contributed by atoms with E-state index in [-0.39, 0.29) is 5.91 Å². The lowest BCUT2D eigenvalue weighted by Gasteiger charge is -2.10. The van der Waals surface area contributed by atoms with Gasteiger partial charge >= 0.3 is 0 Å². The van der Waals surface area contributed by atoms with Crippen molar-refractivity contribution in [2.24, 2.45) is 0 Å². The minimum Gasteiger partial charge on any atom is -0.492 e. The molecule has 1 aromatic carbocycles. The lowest BCUT2D eigenvalue weighted by molar-refractivity contribution is 0.102. The van der Waals surface area contributed by atoms with E-state index in [2.05, 4.69) is 49.6 Å². The number of hydrogen-bond donors (Lipinski definition) is 3. The van der Waals surface area contributed by atoms with Gasteiger partial charge in [0, 0.05) is 36.3 Å². The molecule has 0 bridgehead atoms. The van der Waals surface area contributed by atoms with E-state index in [1.165, 1.54) is 0 Å². The molecule has 0 saturated heterocycles. The van der Waals surface area contributed by atoms with Crippen LogP contribution in [-0.2, 0) is 0 Å². The van der Waals surface area contributed by atoms with Gasteiger partial charge < -0.3 is 25.3 Å². The molecule has 4 aromatic rings. The highest BCUT2D eigenvalue weighted by Gasteiger charge is 2.17. The third-order valence-electron chi connectivity index (χ3n) is 5.48. The van der Waals surface area contributed by atoms with Crippen LogP contribution in [0, 0.1) is 0 Å². The van der Waals surface area contributed by atoms with Gasteiger partial charge in [-0.15, -0.1) is 0 Å². The largest absolute Gasteiger partial charge is 0.492 e. The number of unbranched alkanes of at least 4 members (excludes halogenated alkanes) is 1. The first-order chi connectivity index (χ1) is 17.0. The van der Waals surface area contributed by atoms with Crippen LogP contribution in [0.2, 0.25) is 0 Å². The van der Waals surface area contributed by atoms with E-state index in [1.807, 2.05) is 31.2 Å². The average Bonchev–Trinajstić information content (AvgIpc) is 3.30. The van der Waals surface area contributed by atoms with Crippen LogP contribution in [0.25, 0.3) is 22.6 Å². The number of nitrogens with zero attached hydrogens (tertiary/aromatic N) is 4. The lowest BCUT2D eigenvalue weighted by atomic mass is 10.2. The summed E-state index contributed by atoms with van der Waals surface area (Å²) in [5.41, 5.74) is 3.95. The maximum Gasteiger partial charge on any atom is 0.258 e. The van der Waals surface area contributed by atoms with Gasteiger partial charge in [0.25, 0.3) is 5.91 Å². The quantitative estimate of drug-likeness (QED) is 0.277. The van der Waals surface area contributed by atoms with E-state index in [1.54, 1.807) is 30.7 Å². The van der Waals surface area contributed by atoms with Crippen molar-refractivity contribution in [3.05, 3.63) is 60.6 Å². The van der Waals surface area contributed by atoms with E-state index in [4.69, 9.17) is 4.74 Å². The first-order valence-corrected chi connectivity index (χ1v) is 11.8. The Morgan fingerprint density at radius 3 is 2.69 bits per heavy atom. The Morgan fingerprint density at radius 1 is 1.09 bits per heavy atom. The van der Waals surface area contributed by atoms with Crippen LogP contribution >= 0.6 is 0 Å². The van der Waals surface area contributed by atoms with Gasteiger partial charge in [0.05, 0.1) is 18.4 Å². The number of pyridine rings is 2. The summed E-state index contributed by atoms with van der Waals surface area (Å²) in [5.74, 6) is 0.912. The molecule has 35 heavy (non-hydrogen) atoms. The summed E-state index contributed by atoms with van der Waals surface area (Å²) in [6.45, 7) is 4.40. The Hall–Kier alpha value is -3.98. The molecule has 9 heteroatoms. The van der Waals surface area contributed by atoms with Gasteiger partial charge in [-0.05, 0) is 70.7 Å². The maximum absolute atomic E-state index is 13.1. The van der Waals surface area contributed by atoms with Crippen LogP contribution in [0.5, 0.6) is 5.75 Å². The van der Waals surface area contributed by atoms with E-state index < -0.39 is 0 Å². The number of nitrogens with one attached hydrogen (secondary N) is 3. The summed E-state index contributed by atoms with van der Waals surface area (Å²) in [5, 5.41) is 6.33. The first-order valence-electron chi connectivity index (χ1n) is 11.8. The van der Waals surface area contributed by atoms with E-state index in [0.717, 1.165) is 37.2 Å². The summed E-state index contributed by atoms with van der Waals surface area (Å²) in [6.07, 6.45) is 7.06. The molecule has 0 spiro atoms. The lowest BCUT2D eigenvalue weighted by Crippen LogP contribution is -2.14. The number of amides is 1. The third-order valence-corrected chi connectivity index (χ3v) is 5.48. The van der Waals surface area contributed by atoms with E-state index in [9.17, 15) is 4.79 Å². The van der Waals surface area contributed by atoms with Crippen molar-refractivity contribution < 1.29 is 9.53 Å². The molecule has 3 N–H and O–H groups in total. The van der Waals surface area contributed by atoms with Crippen LogP contribution in [0.15, 0.2) is 55.0 Å². The van der Waals surface area contributed by atoms with Gasteiger partial charge in [0.2, 0.25) is 0 Å². The molecule has 1 amide bonds. The number of rotatable bonds is 11. The molecule has 0 aliphatic carbocycles. The van der Waals surface area contributed by atoms with Gasteiger partial charge in [-0.2, -0.15) is 0 Å². The molecule has 0 atom stereocenters. The average molecular weight is 474 g/mol. The summed E-state index contributed by atoms with van der Waals surface area (Å²) < 4.78 is 5.58. The van der Waals surface area contributed by atoms with Crippen molar-refractivity contribution >= 4 is 28.4 Å². The second-order valence-corrected chi connectivity index (χ2v) is 8.41. The van der Waals surface area contributed by atoms with E-state index in [0.29, 0.717) is 40.6 Å². The molecule has 182 valence electrons. The van der Waals surface area contributed by atoms with Crippen molar-refractivity contribution in [2.75, 3.05) is 44.4 Å². The summed E-state index contributed by atoms with van der Waals surface area (Å²) in [6, 6.07) is 11.5.